The summed E-state index contributed by atoms with van der Waals surface area (Å²) in [5, 5.41) is 4.12. The number of hydrogen-bond acceptors (Lipinski definition) is 6. The Balaban J connectivity index is 1.46. The lowest BCUT2D eigenvalue weighted by atomic mass is 9.78. The molecule has 2 atom stereocenters. The normalized spacial score (nSPS) is 33.6. The van der Waals surface area contributed by atoms with Crippen LogP contribution in [0.2, 0.25) is 0 Å². The third-order valence-electron chi connectivity index (χ3n) is 4.90. The van der Waals surface area contributed by atoms with Crippen molar-refractivity contribution in [1.82, 2.24) is 0 Å². The topological polar surface area (TPSA) is 58.5 Å². The molecular formula is C15H26BNO5. The third kappa shape index (κ3) is 3.32. The van der Waals surface area contributed by atoms with E-state index in [4.69, 9.17) is 23.6 Å². The summed E-state index contributed by atoms with van der Waals surface area (Å²) in [6, 6.07) is -0.202. The highest BCUT2D eigenvalue weighted by molar-refractivity contribution is 6.47. The standard InChI is InChI=1S/C15H26BNO5/c1-14(2)15(3,4)22-16(21-14)12-9-11(17-20-12)10-19-13-7-5-6-8-18-13/h12-13H,5-10H2,1-4H3. The van der Waals surface area contributed by atoms with Crippen molar-refractivity contribution in [2.45, 2.75) is 76.9 Å². The minimum Gasteiger partial charge on any atom is -0.401 e. The first-order chi connectivity index (χ1) is 10.4. The van der Waals surface area contributed by atoms with Crippen LogP contribution in [0.4, 0.5) is 0 Å². The molecule has 0 N–H and O–H groups in total. The monoisotopic (exact) mass is 311 g/mol. The van der Waals surface area contributed by atoms with Crippen LogP contribution in [0, 0.1) is 0 Å². The summed E-state index contributed by atoms with van der Waals surface area (Å²) >= 11 is 0. The zero-order valence-corrected chi connectivity index (χ0v) is 14.0. The van der Waals surface area contributed by atoms with Crippen LogP contribution >= 0.6 is 0 Å². The van der Waals surface area contributed by atoms with Gasteiger partial charge in [0.05, 0.1) is 23.5 Å². The van der Waals surface area contributed by atoms with E-state index in [-0.39, 0.29) is 23.5 Å². The van der Waals surface area contributed by atoms with Crippen molar-refractivity contribution in [3.05, 3.63) is 0 Å². The minimum absolute atomic E-state index is 0.104. The van der Waals surface area contributed by atoms with Gasteiger partial charge >= 0.3 is 7.12 Å². The Morgan fingerprint density at radius 2 is 1.91 bits per heavy atom. The van der Waals surface area contributed by atoms with Crippen LogP contribution in [0.15, 0.2) is 5.16 Å². The molecule has 0 radical (unpaired) electrons. The van der Waals surface area contributed by atoms with Crippen molar-refractivity contribution in [1.29, 1.82) is 0 Å². The van der Waals surface area contributed by atoms with E-state index in [1.54, 1.807) is 0 Å². The van der Waals surface area contributed by atoms with Crippen molar-refractivity contribution in [2.24, 2.45) is 5.16 Å². The predicted molar refractivity (Wildman–Crippen MR) is 82.6 cm³/mol. The van der Waals surface area contributed by atoms with E-state index in [1.807, 2.05) is 27.7 Å². The van der Waals surface area contributed by atoms with Crippen LogP contribution in [0.25, 0.3) is 0 Å². The molecule has 0 saturated carbocycles. The maximum atomic E-state index is 6.00. The molecule has 0 aromatic carbocycles. The SMILES string of the molecule is CC1(C)OB(C2CC(COC3CCCCO3)=NO2)OC1(C)C. The summed E-state index contributed by atoms with van der Waals surface area (Å²) in [4.78, 5) is 5.49. The van der Waals surface area contributed by atoms with E-state index in [0.717, 1.165) is 31.6 Å². The second-order valence-corrected chi connectivity index (χ2v) is 7.24. The van der Waals surface area contributed by atoms with Gasteiger partial charge in [-0.1, -0.05) is 5.16 Å². The molecule has 124 valence electrons. The quantitative estimate of drug-likeness (QED) is 0.746. The predicted octanol–water partition coefficient (Wildman–Crippen LogP) is 2.31. The third-order valence-corrected chi connectivity index (χ3v) is 4.90. The molecule has 3 aliphatic heterocycles. The summed E-state index contributed by atoms with van der Waals surface area (Å²) in [5.41, 5.74) is 0.181. The number of hydrogen-bond donors (Lipinski definition) is 0. The second-order valence-electron chi connectivity index (χ2n) is 7.24. The lowest BCUT2D eigenvalue weighted by Crippen LogP contribution is -2.41. The Morgan fingerprint density at radius 1 is 1.18 bits per heavy atom. The van der Waals surface area contributed by atoms with Gasteiger partial charge in [-0.15, -0.1) is 0 Å². The Morgan fingerprint density at radius 3 is 2.55 bits per heavy atom. The Labute approximate surface area is 132 Å². The minimum atomic E-state index is -0.391. The molecule has 0 spiro atoms. The van der Waals surface area contributed by atoms with Crippen LogP contribution in [-0.2, 0) is 23.6 Å². The molecule has 0 bridgehead atoms. The molecule has 2 unspecified atom stereocenters. The van der Waals surface area contributed by atoms with Crippen LogP contribution in [0.5, 0.6) is 0 Å². The van der Waals surface area contributed by atoms with E-state index >= 15 is 0 Å². The van der Waals surface area contributed by atoms with Gasteiger partial charge in [0, 0.05) is 13.0 Å². The molecule has 2 saturated heterocycles. The van der Waals surface area contributed by atoms with Gasteiger partial charge < -0.3 is 23.6 Å². The molecule has 3 rings (SSSR count). The summed E-state index contributed by atoms with van der Waals surface area (Å²) in [5.74, 6) is 0. The van der Waals surface area contributed by atoms with Crippen LogP contribution in [0.1, 0.15) is 53.4 Å². The van der Waals surface area contributed by atoms with Gasteiger partial charge in [-0.05, 0) is 47.0 Å². The number of oxime groups is 1. The zero-order valence-electron chi connectivity index (χ0n) is 14.0. The van der Waals surface area contributed by atoms with Crippen molar-refractivity contribution in [3.63, 3.8) is 0 Å². The zero-order chi connectivity index (χ0) is 15.8. The molecule has 0 aliphatic carbocycles. The molecule has 6 nitrogen and oxygen atoms in total. The van der Waals surface area contributed by atoms with Crippen LogP contribution < -0.4 is 0 Å². The van der Waals surface area contributed by atoms with Gasteiger partial charge in [-0.3, -0.25) is 0 Å². The van der Waals surface area contributed by atoms with Gasteiger partial charge in [0.15, 0.2) is 12.3 Å². The van der Waals surface area contributed by atoms with E-state index in [2.05, 4.69) is 5.16 Å². The molecular weight excluding hydrogens is 285 g/mol. The first-order valence-electron chi connectivity index (χ1n) is 8.18. The Hall–Kier alpha value is -0.625. The highest BCUT2D eigenvalue weighted by Crippen LogP contribution is 2.39. The van der Waals surface area contributed by atoms with Crippen LogP contribution in [0.3, 0.4) is 0 Å². The Kier molecular flexibility index (Phi) is 4.51. The fraction of sp³-hybridized carbons (Fsp3) is 0.933. The highest BCUT2D eigenvalue weighted by atomic mass is 16.7. The van der Waals surface area contributed by atoms with E-state index in [0.29, 0.717) is 13.0 Å². The molecule has 22 heavy (non-hydrogen) atoms. The molecule has 3 aliphatic rings. The lowest BCUT2D eigenvalue weighted by molar-refractivity contribution is -0.153. The van der Waals surface area contributed by atoms with Gasteiger partial charge in [0.1, 0.15) is 0 Å². The molecule has 7 heteroatoms. The van der Waals surface area contributed by atoms with Crippen LogP contribution in [-0.4, -0.2) is 49.5 Å². The van der Waals surface area contributed by atoms with E-state index in [1.165, 1.54) is 0 Å². The van der Waals surface area contributed by atoms with Crippen molar-refractivity contribution >= 4 is 12.8 Å². The molecule has 0 aromatic heterocycles. The first kappa shape index (κ1) is 16.2. The Bertz CT molecular complexity index is 418. The summed E-state index contributed by atoms with van der Waals surface area (Å²) < 4.78 is 23.3. The van der Waals surface area contributed by atoms with E-state index in [9.17, 15) is 0 Å². The van der Waals surface area contributed by atoms with E-state index < -0.39 is 7.12 Å². The van der Waals surface area contributed by atoms with Gasteiger partial charge in [-0.2, -0.15) is 0 Å². The number of ether oxygens (including phenoxy) is 2. The van der Waals surface area contributed by atoms with Crippen molar-refractivity contribution in [2.75, 3.05) is 13.2 Å². The summed E-state index contributed by atoms with van der Waals surface area (Å²) in [7, 11) is -0.391. The lowest BCUT2D eigenvalue weighted by Gasteiger charge is -2.32. The van der Waals surface area contributed by atoms with Crippen molar-refractivity contribution in [3.8, 4) is 0 Å². The maximum Gasteiger partial charge on any atom is 0.505 e. The number of nitrogens with zero attached hydrogens (tertiary/aromatic N) is 1. The average molecular weight is 311 g/mol. The number of rotatable bonds is 4. The smallest absolute Gasteiger partial charge is 0.401 e. The van der Waals surface area contributed by atoms with Gasteiger partial charge in [0.25, 0.3) is 0 Å². The summed E-state index contributed by atoms with van der Waals surface area (Å²) in [6.07, 6.45) is 3.79. The average Bonchev–Trinajstić information content (AvgIpc) is 3.01. The molecule has 0 amide bonds. The van der Waals surface area contributed by atoms with Gasteiger partial charge in [-0.25, -0.2) is 0 Å². The van der Waals surface area contributed by atoms with Crippen molar-refractivity contribution < 1.29 is 23.6 Å². The summed E-state index contributed by atoms with van der Waals surface area (Å²) in [6.45, 7) is 9.37. The highest BCUT2D eigenvalue weighted by Gasteiger charge is 2.55. The second kappa shape index (κ2) is 6.11. The molecule has 2 fully saturated rings. The maximum absolute atomic E-state index is 6.00. The molecule has 0 aromatic rings. The van der Waals surface area contributed by atoms with Gasteiger partial charge in [0.2, 0.25) is 0 Å². The fourth-order valence-electron chi connectivity index (χ4n) is 2.75. The fourth-order valence-corrected chi connectivity index (χ4v) is 2.75. The molecule has 3 heterocycles. The largest absolute Gasteiger partial charge is 0.505 e. The first-order valence-corrected chi connectivity index (χ1v) is 8.18.